The lowest BCUT2D eigenvalue weighted by Crippen LogP contribution is -2.41. The third-order valence-electron chi connectivity index (χ3n) is 5.25. The van der Waals surface area contributed by atoms with Gasteiger partial charge >= 0.3 is 5.91 Å². The maximum atomic E-state index is 14.4. The Hall–Kier alpha value is -2.24. The molecule has 4 nitrogen and oxygen atoms in total. The van der Waals surface area contributed by atoms with E-state index in [0.29, 0.717) is 0 Å². The van der Waals surface area contributed by atoms with E-state index in [1.54, 1.807) is 0 Å². The highest BCUT2D eigenvalue weighted by molar-refractivity contribution is 6.55. The van der Waals surface area contributed by atoms with E-state index < -0.39 is 17.5 Å². The molecule has 0 spiro atoms. The summed E-state index contributed by atoms with van der Waals surface area (Å²) in [6.45, 7) is 0.133. The van der Waals surface area contributed by atoms with E-state index in [1.165, 1.54) is 28.2 Å². The second-order valence-corrected chi connectivity index (χ2v) is 7.23. The predicted molar refractivity (Wildman–Crippen MR) is 98.0 cm³/mol. The van der Waals surface area contributed by atoms with Crippen LogP contribution in [0.5, 0.6) is 0 Å². The summed E-state index contributed by atoms with van der Waals surface area (Å²) in [4.78, 5) is 27.9. The van der Waals surface area contributed by atoms with Crippen LogP contribution in [0, 0.1) is 5.82 Å². The maximum absolute atomic E-state index is 14.4. The van der Waals surface area contributed by atoms with Crippen LogP contribution in [0.1, 0.15) is 40.4 Å². The molecule has 0 radical (unpaired) electrons. The van der Waals surface area contributed by atoms with Gasteiger partial charge in [0, 0.05) is 6.04 Å². The molecule has 6 heteroatoms. The first-order valence-electron chi connectivity index (χ1n) is 8.61. The van der Waals surface area contributed by atoms with Crippen molar-refractivity contribution >= 4 is 29.0 Å². The molecule has 0 N–H and O–H groups in total. The fraction of sp³-hybridized carbons (Fsp3) is 0.300. The van der Waals surface area contributed by atoms with E-state index in [-0.39, 0.29) is 29.0 Å². The fourth-order valence-corrected chi connectivity index (χ4v) is 4.23. The predicted octanol–water partition coefficient (Wildman–Crippen LogP) is 3.98. The number of hydrogen-bond donors (Lipinski definition) is 0. The first kappa shape index (κ1) is 17.2. The number of aryl methyl sites for hydroxylation is 1. The molecule has 0 saturated heterocycles. The third kappa shape index (κ3) is 2.63. The number of carbonyl (C=O) groups is 2. The van der Waals surface area contributed by atoms with Crippen molar-refractivity contribution in [2.75, 3.05) is 18.6 Å². The lowest BCUT2D eigenvalue weighted by atomic mass is 9.87. The summed E-state index contributed by atoms with van der Waals surface area (Å²) in [7, 11) is 1.89. The Morgan fingerprint density at radius 3 is 2.81 bits per heavy atom. The fourth-order valence-electron chi connectivity index (χ4n) is 3.99. The minimum absolute atomic E-state index is 0.0107. The average Bonchev–Trinajstić information content (AvgIpc) is 2.90. The molecule has 0 fully saturated rings. The molecule has 1 amide bonds. The van der Waals surface area contributed by atoms with E-state index in [1.807, 2.05) is 24.1 Å². The normalized spacial score (nSPS) is 19.1. The van der Waals surface area contributed by atoms with Crippen LogP contribution in [0.2, 0.25) is 5.02 Å². The van der Waals surface area contributed by atoms with Gasteiger partial charge in [-0.1, -0.05) is 35.9 Å². The standard InChI is InChI=1S/C20H18ClFN2O2/c1-23(16-8-4-6-12-5-2-3-7-13(12)16)11-24-18-15(22)10-9-14(21)17(18)19(25)20(24)26/h2-3,5,7,9-10,16H,4,6,8,11H2,1H3. The molecule has 1 unspecified atom stereocenters. The van der Waals surface area contributed by atoms with Gasteiger partial charge in [0.1, 0.15) is 5.82 Å². The molecular weight excluding hydrogens is 355 g/mol. The van der Waals surface area contributed by atoms with Crippen molar-refractivity contribution in [3.05, 3.63) is 63.9 Å². The van der Waals surface area contributed by atoms with Gasteiger partial charge in [0.2, 0.25) is 0 Å². The Bertz CT molecular complexity index is 915. The number of rotatable bonds is 3. The van der Waals surface area contributed by atoms with Crippen LogP contribution in [0.3, 0.4) is 0 Å². The Morgan fingerprint density at radius 1 is 1.23 bits per heavy atom. The van der Waals surface area contributed by atoms with E-state index in [4.69, 9.17) is 11.6 Å². The molecule has 1 aliphatic heterocycles. The molecule has 1 aliphatic carbocycles. The van der Waals surface area contributed by atoms with E-state index in [0.717, 1.165) is 19.3 Å². The molecule has 2 aromatic rings. The maximum Gasteiger partial charge on any atom is 0.300 e. The number of benzene rings is 2. The average molecular weight is 373 g/mol. The lowest BCUT2D eigenvalue weighted by Gasteiger charge is -2.35. The smallest absolute Gasteiger partial charge is 0.288 e. The monoisotopic (exact) mass is 372 g/mol. The van der Waals surface area contributed by atoms with Crippen molar-refractivity contribution in [1.29, 1.82) is 0 Å². The van der Waals surface area contributed by atoms with Crippen LogP contribution in [0.25, 0.3) is 0 Å². The van der Waals surface area contributed by atoms with Crippen molar-refractivity contribution in [3.63, 3.8) is 0 Å². The number of carbonyl (C=O) groups excluding carboxylic acids is 2. The number of amides is 1. The number of nitrogens with zero attached hydrogens (tertiary/aromatic N) is 2. The highest BCUT2D eigenvalue weighted by atomic mass is 35.5. The summed E-state index contributed by atoms with van der Waals surface area (Å²) in [5, 5.41) is 0.105. The molecule has 26 heavy (non-hydrogen) atoms. The van der Waals surface area contributed by atoms with Gasteiger partial charge in [0.25, 0.3) is 5.78 Å². The molecule has 1 heterocycles. The largest absolute Gasteiger partial charge is 0.300 e. The SMILES string of the molecule is CN(CN1C(=O)C(=O)c2c(Cl)ccc(F)c21)C1CCCc2ccccc21. The van der Waals surface area contributed by atoms with Gasteiger partial charge in [0.15, 0.2) is 0 Å². The van der Waals surface area contributed by atoms with Gasteiger partial charge in [-0.25, -0.2) is 4.39 Å². The van der Waals surface area contributed by atoms with Crippen molar-refractivity contribution in [2.45, 2.75) is 25.3 Å². The van der Waals surface area contributed by atoms with Gasteiger partial charge in [-0.05, 0) is 49.6 Å². The van der Waals surface area contributed by atoms with Gasteiger partial charge in [0.05, 0.1) is 22.9 Å². The van der Waals surface area contributed by atoms with Crippen molar-refractivity contribution < 1.29 is 14.0 Å². The van der Waals surface area contributed by atoms with Crippen molar-refractivity contribution in [3.8, 4) is 0 Å². The highest BCUT2D eigenvalue weighted by Gasteiger charge is 2.41. The molecule has 2 aliphatic rings. The van der Waals surface area contributed by atoms with Crippen LogP contribution in [0.4, 0.5) is 10.1 Å². The number of fused-ring (bicyclic) bond motifs is 2. The lowest BCUT2D eigenvalue weighted by molar-refractivity contribution is -0.114. The topological polar surface area (TPSA) is 40.6 Å². The summed E-state index contributed by atoms with van der Waals surface area (Å²) in [6, 6.07) is 10.9. The van der Waals surface area contributed by atoms with Crippen LogP contribution < -0.4 is 4.90 Å². The summed E-state index contributed by atoms with van der Waals surface area (Å²) in [6.07, 6.45) is 3.04. The molecule has 1 atom stereocenters. The number of halogens is 2. The van der Waals surface area contributed by atoms with Crippen LogP contribution in [0.15, 0.2) is 36.4 Å². The number of Topliss-reactive ketones (excluding diaryl/α,β-unsaturated/α-hetero) is 1. The number of hydrogen-bond acceptors (Lipinski definition) is 3. The second kappa shape index (κ2) is 6.49. The Kier molecular flexibility index (Phi) is 4.29. The summed E-state index contributed by atoms with van der Waals surface area (Å²) in [5.41, 5.74) is 2.48. The zero-order valence-electron chi connectivity index (χ0n) is 14.3. The molecule has 0 aromatic heterocycles. The molecular formula is C20H18ClFN2O2. The van der Waals surface area contributed by atoms with Crippen molar-refractivity contribution in [2.24, 2.45) is 0 Å². The van der Waals surface area contributed by atoms with E-state index in [9.17, 15) is 14.0 Å². The summed E-state index contributed by atoms with van der Waals surface area (Å²) >= 11 is 6.04. The van der Waals surface area contributed by atoms with E-state index in [2.05, 4.69) is 12.1 Å². The zero-order valence-corrected chi connectivity index (χ0v) is 15.1. The summed E-state index contributed by atoms with van der Waals surface area (Å²) in [5.74, 6) is -2.09. The first-order valence-corrected chi connectivity index (χ1v) is 8.99. The molecule has 0 saturated carbocycles. The minimum Gasteiger partial charge on any atom is -0.288 e. The number of ketones is 1. The zero-order chi connectivity index (χ0) is 18.4. The van der Waals surface area contributed by atoms with Gasteiger partial charge < -0.3 is 0 Å². The number of anilines is 1. The van der Waals surface area contributed by atoms with Crippen LogP contribution >= 0.6 is 11.6 Å². The summed E-state index contributed by atoms with van der Waals surface area (Å²) < 4.78 is 14.4. The molecule has 0 bridgehead atoms. The highest BCUT2D eigenvalue weighted by Crippen LogP contribution is 2.38. The van der Waals surface area contributed by atoms with Gasteiger partial charge in [-0.15, -0.1) is 0 Å². The quantitative estimate of drug-likeness (QED) is 0.765. The minimum atomic E-state index is -0.748. The first-order chi connectivity index (χ1) is 12.5. The van der Waals surface area contributed by atoms with Gasteiger partial charge in [-0.2, -0.15) is 0 Å². The van der Waals surface area contributed by atoms with Crippen LogP contribution in [-0.4, -0.2) is 30.3 Å². The third-order valence-corrected chi connectivity index (χ3v) is 5.56. The van der Waals surface area contributed by atoms with Crippen LogP contribution in [-0.2, 0) is 11.2 Å². The molecule has 2 aromatic carbocycles. The van der Waals surface area contributed by atoms with Crippen molar-refractivity contribution in [1.82, 2.24) is 4.90 Å². The second-order valence-electron chi connectivity index (χ2n) is 6.82. The Balaban J connectivity index is 1.66. The Labute approximate surface area is 156 Å². The molecule has 134 valence electrons. The Morgan fingerprint density at radius 2 is 2.00 bits per heavy atom. The van der Waals surface area contributed by atoms with E-state index >= 15 is 0 Å². The van der Waals surface area contributed by atoms with Gasteiger partial charge in [-0.3, -0.25) is 19.4 Å². The molecule has 4 rings (SSSR count).